The van der Waals surface area contributed by atoms with Crippen molar-refractivity contribution in [2.75, 3.05) is 6.54 Å². The van der Waals surface area contributed by atoms with E-state index in [0.717, 1.165) is 6.54 Å². The molecule has 1 unspecified atom stereocenters. The average molecular weight is 352 g/mol. The van der Waals surface area contributed by atoms with Crippen molar-refractivity contribution in [2.45, 2.75) is 39.2 Å². The first-order valence-corrected chi connectivity index (χ1v) is 8.95. The third kappa shape index (κ3) is 3.94. The fourth-order valence-electron chi connectivity index (χ4n) is 2.30. The van der Waals surface area contributed by atoms with Crippen LogP contribution in [0, 0.1) is 0 Å². The summed E-state index contributed by atoms with van der Waals surface area (Å²) >= 11 is 5.55. The van der Waals surface area contributed by atoms with Crippen molar-refractivity contribution in [1.82, 2.24) is 5.32 Å². The SMILES string of the molecule is CCCNC(CCC)c1ccc(-c2ccccc2Br)s1. The summed E-state index contributed by atoms with van der Waals surface area (Å²) in [6.45, 7) is 5.56. The Morgan fingerprint density at radius 1 is 1.10 bits per heavy atom. The van der Waals surface area contributed by atoms with Crippen LogP contribution in [0.2, 0.25) is 0 Å². The number of benzene rings is 1. The first kappa shape index (κ1) is 15.7. The molecular formula is C17H22BrNS. The summed E-state index contributed by atoms with van der Waals surface area (Å²) in [6.07, 6.45) is 3.60. The van der Waals surface area contributed by atoms with Crippen molar-refractivity contribution < 1.29 is 0 Å². The summed E-state index contributed by atoms with van der Waals surface area (Å²) in [4.78, 5) is 2.79. The molecule has 1 N–H and O–H groups in total. The summed E-state index contributed by atoms with van der Waals surface area (Å²) in [5, 5.41) is 3.66. The van der Waals surface area contributed by atoms with Gasteiger partial charge in [0.25, 0.3) is 0 Å². The molecule has 1 nitrogen and oxygen atoms in total. The molecule has 0 fully saturated rings. The number of nitrogens with one attached hydrogen (secondary N) is 1. The first-order chi connectivity index (χ1) is 9.76. The molecule has 2 rings (SSSR count). The molecule has 108 valence electrons. The van der Waals surface area contributed by atoms with Crippen molar-refractivity contribution in [3.8, 4) is 10.4 Å². The zero-order valence-electron chi connectivity index (χ0n) is 12.2. The highest BCUT2D eigenvalue weighted by atomic mass is 79.9. The van der Waals surface area contributed by atoms with Crippen molar-refractivity contribution in [3.63, 3.8) is 0 Å². The van der Waals surface area contributed by atoms with Gasteiger partial charge in [-0.2, -0.15) is 0 Å². The fourth-order valence-corrected chi connectivity index (χ4v) is 4.09. The molecule has 2 aromatic rings. The lowest BCUT2D eigenvalue weighted by molar-refractivity contribution is 0.501. The highest BCUT2D eigenvalue weighted by Crippen LogP contribution is 2.36. The van der Waals surface area contributed by atoms with E-state index in [2.05, 4.69) is 71.5 Å². The van der Waals surface area contributed by atoms with Crippen molar-refractivity contribution in [3.05, 3.63) is 45.7 Å². The van der Waals surface area contributed by atoms with Gasteiger partial charge < -0.3 is 5.32 Å². The fraction of sp³-hybridized carbons (Fsp3) is 0.412. The number of rotatable bonds is 7. The minimum atomic E-state index is 0.501. The van der Waals surface area contributed by atoms with E-state index in [1.165, 1.54) is 39.1 Å². The lowest BCUT2D eigenvalue weighted by Crippen LogP contribution is -2.21. The van der Waals surface area contributed by atoms with Crippen molar-refractivity contribution >= 4 is 27.3 Å². The van der Waals surface area contributed by atoms with E-state index in [1.807, 2.05) is 11.3 Å². The summed E-state index contributed by atoms with van der Waals surface area (Å²) in [6, 6.07) is 13.5. The molecule has 0 bridgehead atoms. The number of halogens is 1. The molecule has 1 atom stereocenters. The Morgan fingerprint density at radius 2 is 1.90 bits per heavy atom. The normalized spacial score (nSPS) is 12.6. The predicted octanol–water partition coefficient (Wildman–Crippen LogP) is 6.02. The Balaban J connectivity index is 2.20. The molecule has 0 amide bonds. The molecule has 1 heterocycles. The van der Waals surface area contributed by atoms with Gasteiger partial charge >= 0.3 is 0 Å². The minimum absolute atomic E-state index is 0.501. The Kier molecular flexibility index (Phi) is 6.27. The van der Waals surface area contributed by atoms with Gasteiger partial charge in [0.05, 0.1) is 0 Å². The molecule has 1 aromatic carbocycles. The van der Waals surface area contributed by atoms with Crippen molar-refractivity contribution in [2.24, 2.45) is 0 Å². The van der Waals surface area contributed by atoms with E-state index in [4.69, 9.17) is 0 Å². The molecule has 0 aliphatic heterocycles. The summed E-state index contributed by atoms with van der Waals surface area (Å²) in [5.41, 5.74) is 1.29. The van der Waals surface area contributed by atoms with Gasteiger partial charge in [0.15, 0.2) is 0 Å². The lowest BCUT2D eigenvalue weighted by atomic mass is 10.1. The monoisotopic (exact) mass is 351 g/mol. The number of thiophene rings is 1. The van der Waals surface area contributed by atoms with Crippen LogP contribution in [0.3, 0.4) is 0 Å². The van der Waals surface area contributed by atoms with E-state index in [0.29, 0.717) is 6.04 Å². The van der Waals surface area contributed by atoms with Crippen LogP contribution in [-0.4, -0.2) is 6.54 Å². The second kappa shape index (κ2) is 7.96. The molecule has 0 radical (unpaired) electrons. The highest BCUT2D eigenvalue weighted by Gasteiger charge is 2.13. The Labute approximate surface area is 134 Å². The third-order valence-corrected chi connectivity index (χ3v) is 5.25. The van der Waals surface area contributed by atoms with Gasteiger partial charge in [0, 0.05) is 25.8 Å². The molecule has 0 saturated carbocycles. The van der Waals surface area contributed by atoms with Crippen LogP contribution >= 0.6 is 27.3 Å². The van der Waals surface area contributed by atoms with Gasteiger partial charge in [-0.1, -0.05) is 54.4 Å². The van der Waals surface area contributed by atoms with Crippen LogP contribution in [0.1, 0.15) is 44.0 Å². The predicted molar refractivity (Wildman–Crippen MR) is 93.4 cm³/mol. The van der Waals surface area contributed by atoms with Crippen LogP contribution < -0.4 is 5.32 Å². The Hall–Kier alpha value is -0.640. The van der Waals surface area contributed by atoms with Gasteiger partial charge in [-0.25, -0.2) is 0 Å². The Morgan fingerprint density at radius 3 is 2.60 bits per heavy atom. The van der Waals surface area contributed by atoms with Gasteiger partial charge in [-0.15, -0.1) is 11.3 Å². The molecule has 1 aromatic heterocycles. The zero-order chi connectivity index (χ0) is 14.4. The average Bonchev–Trinajstić information content (AvgIpc) is 2.93. The molecule has 0 saturated heterocycles. The molecule has 20 heavy (non-hydrogen) atoms. The maximum Gasteiger partial charge on any atom is 0.0414 e. The smallest absolute Gasteiger partial charge is 0.0414 e. The van der Waals surface area contributed by atoms with Crippen molar-refractivity contribution in [1.29, 1.82) is 0 Å². The molecule has 0 spiro atoms. The van der Waals surface area contributed by atoms with Crippen LogP contribution in [0.25, 0.3) is 10.4 Å². The second-order valence-electron chi connectivity index (χ2n) is 4.98. The number of hydrogen-bond acceptors (Lipinski definition) is 2. The quantitative estimate of drug-likeness (QED) is 0.643. The van der Waals surface area contributed by atoms with Gasteiger partial charge in [-0.05, 0) is 37.6 Å². The molecular weight excluding hydrogens is 330 g/mol. The van der Waals surface area contributed by atoms with Crippen LogP contribution in [0.5, 0.6) is 0 Å². The van der Waals surface area contributed by atoms with E-state index in [9.17, 15) is 0 Å². The van der Waals surface area contributed by atoms with E-state index in [1.54, 1.807) is 0 Å². The highest BCUT2D eigenvalue weighted by molar-refractivity contribution is 9.10. The molecule has 0 aliphatic carbocycles. The Bertz CT molecular complexity index is 535. The summed E-state index contributed by atoms with van der Waals surface area (Å²) in [7, 11) is 0. The minimum Gasteiger partial charge on any atom is -0.309 e. The third-order valence-electron chi connectivity index (χ3n) is 3.33. The maximum absolute atomic E-state index is 3.66. The summed E-state index contributed by atoms with van der Waals surface area (Å²) < 4.78 is 1.17. The lowest BCUT2D eigenvalue weighted by Gasteiger charge is -2.16. The maximum atomic E-state index is 3.66. The van der Waals surface area contributed by atoms with Crippen LogP contribution in [0.15, 0.2) is 40.9 Å². The van der Waals surface area contributed by atoms with Crippen LogP contribution in [-0.2, 0) is 0 Å². The van der Waals surface area contributed by atoms with E-state index >= 15 is 0 Å². The topological polar surface area (TPSA) is 12.0 Å². The number of hydrogen-bond donors (Lipinski definition) is 1. The molecule has 3 heteroatoms. The summed E-state index contributed by atoms with van der Waals surface area (Å²) in [5.74, 6) is 0. The van der Waals surface area contributed by atoms with E-state index in [-0.39, 0.29) is 0 Å². The molecule has 0 aliphatic rings. The van der Waals surface area contributed by atoms with E-state index < -0.39 is 0 Å². The standard InChI is InChI=1S/C17H22BrNS/c1-3-7-15(19-12-4-2)17-11-10-16(20-17)13-8-5-6-9-14(13)18/h5-6,8-11,15,19H,3-4,7,12H2,1-2H3. The van der Waals surface area contributed by atoms with Crippen LogP contribution in [0.4, 0.5) is 0 Å². The first-order valence-electron chi connectivity index (χ1n) is 7.34. The van der Waals surface area contributed by atoms with Gasteiger partial charge in [0.1, 0.15) is 0 Å². The zero-order valence-corrected chi connectivity index (χ0v) is 14.6. The van der Waals surface area contributed by atoms with Gasteiger partial charge in [0.2, 0.25) is 0 Å². The van der Waals surface area contributed by atoms with Gasteiger partial charge in [-0.3, -0.25) is 0 Å². The second-order valence-corrected chi connectivity index (χ2v) is 6.95. The largest absolute Gasteiger partial charge is 0.309 e.